The molecular formula is C14H18ClNO2. The number of fused-ring (bicyclic) bond motifs is 1. The maximum absolute atomic E-state index is 6.45. The zero-order valence-corrected chi connectivity index (χ0v) is 11.3. The lowest BCUT2D eigenvalue weighted by Crippen LogP contribution is -2.44. The fourth-order valence-corrected chi connectivity index (χ4v) is 3.30. The average molecular weight is 268 g/mol. The van der Waals surface area contributed by atoms with Crippen molar-refractivity contribution >= 4 is 11.6 Å². The summed E-state index contributed by atoms with van der Waals surface area (Å²) in [7, 11) is 0. The highest BCUT2D eigenvalue weighted by atomic mass is 35.5. The summed E-state index contributed by atoms with van der Waals surface area (Å²) in [6.07, 6.45) is 4.03. The van der Waals surface area contributed by atoms with Crippen LogP contribution in [-0.2, 0) is 12.0 Å². The fourth-order valence-electron chi connectivity index (χ4n) is 2.90. The first-order chi connectivity index (χ1) is 8.65. The third-order valence-electron chi connectivity index (χ3n) is 3.98. The van der Waals surface area contributed by atoms with Crippen molar-refractivity contribution in [1.82, 2.24) is 0 Å². The lowest BCUT2D eigenvalue weighted by Gasteiger charge is -2.41. The Morgan fingerprint density at radius 2 is 2.06 bits per heavy atom. The van der Waals surface area contributed by atoms with Gasteiger partial charge in [-0.05, 0) is 31.2 Å². The topological polar surface area (TPSA) is 44.5 Å². The van der Waals surface area contributed by atoms with Crippen molar-refractivity contribution in [2.45, 2.75) is 38.1 Å². The van der Waals surface area contributed by atoms with Gasteiger partial charge in [-0.25, -0.2) is 0 Å². The van der Waals surface area contributed by atoms with Gasteiger partial charge in [0.25, 0.3) is 0 Å². The monoisotopic (exact) mass is 267 g/mol. The molecule has 0 radical (unpaired) electrons. The second-order valence-corrected chi connectivity index (χ2v) is 5.51. The highest BCUT2D eigenvalue weighted by Crippen LogP contribution is 2.49. The van der Waals surface area contributed by atoms with Gasteiger partial charge in [-0.3, -0.25) is 0 Å². The summed E-state index contributed by atoms with van der Waals surface area (Å²) in [5.74, 6) is 1.61. The number of hydrogen-bond acceptors (Lipinski definition) is 3. The molecule has 1 fully saturated rings. The molecule has 1 heterocycles. The molecule has 3 rings (SSSR count). The Kier molecular flexibility index (Phi) is 2.91. The standard InChI is InChI=1S/C14H18ClNO2/c1-2-9-12(14(16)4-3-5-14)10(15)8-11-13(9)18-7-6-17-11/h8H,2-7,16H2,1H3. The summed E-state index contributed by atoms with van der Waals surface area (Å²) in [5, 5.41) is 0.721. The summed E-state index contributed by atoms with van der Waals surface area (Å²) in [5.41, 5.74) is 8.38. The minimum absolute atomic E-state index is 0.266. The second-order valence-electron chi connectivity index (χ2n) is 5.10. The van der Waals surface area contributed by atoms with Crippen molar-refractivity contribution in [1.29, 1.82) is 0 Å². The predicted octanol–water partition coefficient (Wildman–Crippen LogP) is 3.01. The van der Waals surface area contributed by atoms with E-state index in [0.29, 0.717) is 13.2 Å². The van der Waals surface area contributed by atoms with E-state index in [4.69, 9.17) is 26.8 Å². The van der Waals surface area contributed by atoms with Crippen LogP contribution in [0.4, 0.5) is 0 Å². The number of halogens is 1. The minimum Gasteiger partial charge on any atom is -0.486 e. The van der Waals surface area contributed by atoms with Crippen LogP contribution in [0.15, 0.2) is 6.07 Å². The third kappa shape index (κ3) is 1.69. The van der Waals surface area contributed by atoms with Crippen LogP contribution < -0.4 is 15.2 Å². The molecule has 0 spiro atoms. The second kappa shape index (κ2) is 4.32. The van der Waals surface area contributed by atoms with Crippen LogP contribution in [0.5, 0.6) is 11.5 Å². The molecule has 1 aromatic carbocycles. The van der Waals surface area contributed by atoms with Crippen molar-refractivity contribution in [3.8, 4) is 11.5 Å². The normalized spacial score (nSPS) is 20.4. The average Bonchev–Trinajstić information content (AvgIpc) is 2.34. The first-order valence-corrected chi connectivity index (χ1v) is 6.94. The highest BCUT2D eigenvalue weighted by molar-refractivity contribution is 6.31. The van der Waals surface area contributed by atoms with Gasteiger partial charge in [-0.2, -0.15) is 0 Å². The van der Waals surface area contributed by atoms with E-state index >= 15 is 0 Å². The molecule has 4 heteroatoms. The van der Waals surface area contributed by atoms with Crippen LogP contribution in [0.2, 0.25) is 5.02 Å². The Bertz CT molecular complexity index is 483. The van der Waals surface area contributed by atoms with Crippen molar-refractivity contribution < 1.29 is 9.47 Å². The highest BCUT2D eigenvalue weighted by Gasteiger charge is 2.39. The summed E-state index contributed by atoms with van der Waals surface area (Å²) in [6.45, 7) is 3.29. The molecule has 3 nitrogen and oxygen atoms in total. The molecule has 2 N–H and O–H groups in total. The molecule has 0 unspecified atom stereocenters. The van der Waals surface area contributed by atoms with Gasteiger partial charge in [0, 0.05) is 22.2 Å². The quantitative estimate of drug-likeness (QED) is 0.896. The molecule has 1 aliphatic carbocycles. The Morgan fingerprint density at radius 1 is 1.33 bits per heavy atom. The Balaban J connectivity index is 2.18. The van der Waals surface area contributed by atoms with Gasteiger partial charge in [0.1, 0.15) is 13.2 Å². The van der Waals surface area contributed by atoms with Crippen LogP contribution in [-0.4, -0.2) is 13.2 Å². The number of benzene rings is 1. The van der Waals surface area contributed by atoms with Crippen LogP contribution >= 0.6 is 11.6 Å². The molecule has 2 aliphatic rings. The Morgan fingerprint density at radius 3 is 2.67 bits per heavy atom. The van der Waals surface area contributed by atoms with Gasteiger partial charge in [-0.15, -0.1) is 0 Å². The van der Waals surface area contributed by atoms with Crippen molar-refractivity contribution in [2.24, 2.45) is 5.73 Å². The number of hydrogen-bond donors (Lipinski definition) is 1. The van der Waals surface area contributed by atoms with E-state index in [1.165, 1.54) is 6.42 Å². The first kappa shape index (κ1) is 12.1. The number of rotatable bonds is 2. The maximum Gasteiger partial charge on any atom is 0.164 e. The minimum atomic E-state index is -0.266. The summed E-state index contributed by atoms with van der Waals surface area (Å²) >= 11 is 6.43. The third-order valence-corrected chi connectivity index (χ3v) is 4.28. The maximum atomic E-state index is 6.45. The molecule has 1 saturated carbocycles. The molecule has 0 amide bonds. The zero-order chi connectivity index (χ0) is 12.8. The SMILES string of the molecule is CCc1c2c(cc(Cl)c1C1(N)CCC1)OCCO2. The Hall–Kier alpha value is -0.930. The predicted molar refractivity (Wildman–Crippen MR) is 71.5 cm³/mol. The van der Waals surface area contributed by atoms with E-state index < -0.39 is 0 Å². The lowest BCUT2D eigenvalue weighted by atomic mass is 9.70. The van der Waals surface area contributed by atoms with Crippen LogP contribution in [0.3, 0.4) is 0 Å². The molecule has 1 aliphatic heterocycles. The van der Waals surface area contributed by atoms with Gasteiger partial charge in [-0.1, -0.05) is 18.5 Å². The van der Waals surface area contributed by atoms with E-state index in [-0.39, 0.29) is 5.54 Å². The smallest absolute Gasteiger partial charge is 0.164 e. The van der Waals surface area contributed by atoms with Gasteiger partial charge < -0.3 is 15.2 Å². The molecule has 98 valence electrons. The molecule has 1 aromatic rings. The van der Waals surface area contributed by atoms with Crippen molar-refractivity contribution in [3.05, 3.63) is 22.2 Å². The van der Waals surface area contributed by atoms with E-state index in [2.05, 4.69) is 6.92 Å². The van der Waals surface area contributed by atoms with Crippen molar-refractivity contribution in [2.75, 3.05) is 13.2 Å². The summed E-state index contributed by atoms with van der Waals surface area (Å²) in [6, 6.07) is 1.86. The van der Waals surface area contributed by atoms with Crippen molar-refractivity contribution in [3.63, 3.8) is 0 Å². The largest absolute Gasteiger partial charge is 0.486 e. The van der Waals surface area contributed by atoms with Gasteiger partial charge in [0.2, 0.25) is 0 Å². The fraction of sp³-hybridized carbons (Fsp3) is 0.571. The van der Waals surface area contributed by atoms with E-state index in [9.17, 15) is 0 Å². The van der Waals surface area contributed by atoms with Gasteiger partial charge in [0.05, 0.1) is 0 Å². The molecule has 18 heavy (non-hydrogen) atoms. The van der Waals surface area contributed by atoms with E-state index in [0.717, 1.165) is 46.9 Å². The summed E-state index contributed by atoms with van der Waals surface area (Å²) in [4.78, 5) is 0. The van der Waals surface area contributed by atoms with Crippen LogP contribution in [0, 0.1) is 0 Å². The van der Waals surface area contributed by atoms with E-state index in [1.54, 1.807) is 0 Å². The molecular weight excluding hydrogens is 250 g/mol. The number of ether oxygens (including phenoxy) is 2. The Labute approximate surface area is 112 Å². The molecule has 0 bridgehead atoms. The zero-order valence-electron chi connectivity index (χ0n) is 10.6. The van der Waals surface area contributed by atoms with Crippen LogP contribution in [0.25, 0.3) is 0 Å². The van der Waals surface area contributed by atoms with Gasteiger partial charge in [0.15, 0.2) is 11.5 Å². The number of nitrogens with two attached hydrogens (primary N) is 1. The lowest BCUT2D eigenvalue weighted by molar-refractivity contribution is 0.168. The van der Waals surface area contributed by atoms with Gasteiger partial charge >= 0.3 is 0 Å². The molecule has 0 atom stereocenters. The first-order valence-electron chi connectivity index (χ1n) is 6.56. The molecule has 0 aromatic heterocycles. The molecule has 0 saturated heterocycles. The van der Waals surface area contributed by atoms with Crippen LogP contribution in [0.1, 0.15) is 37.3 Å². The summed E-state index contributed by atoms with van der Waals surface area (Å²) < 4.78 is 11.4. The van der Waals surface area contributed by atoms with E-state index in [1.807, 2.05) is 6.07 Å².